The van der Waals surface area contributed by atoms with Crippen molar-refractivity contribution in [2.45, 2.75) is 0 Å². The van der Waals surface area contributed by atoms with Crippen LogP contribution in [-0.4, -0.2) is 42.0 Å². The van der Waals surface area contributed by atoms with Crippen molar-refractivity contribution in [3.05, 3.63) is 0 Å². The van der Waals surface area contributed by atoms with Gasteiger partial charge in [0.1, 0.15) is 0 Å². The van der Waals surface area contributed by atoms with Crippen LogP contribution in [0, 0.1) is 0 Å². The van der Waals surface area contributed by atoms with E-state index in [4.69, 9.17) is 42.0 Å². The normalized spacial score (nSPS) is 13.0. The Morgan fingerprint density at radius 2 is 1.00 bits per heavy atom. The molecule has 14 nitrogen and oxygen atoms in total. The Morgan fingerprint density at radius 1 is 0.842 bits per heavy atom. The second kappa shape index (κ2) is 8.66. The molecule has 0 aliphatic carbocycles. The Kier molecular flexibility index (Phi) is 11.5. The zero-order chi connectivity index (χ0) is 15.4. The Hall–Kier alpha value is 1.28. The van der Waals surface area contributed by atoms with Crippen LogP contribution in [0.4, 0.5) is 0 Å². The number of hydrogen-bond acceptors (Lipinski definition) is 8. The smallest absolute Gasteiger partial charge is 0.726 e. The van der Waals surface area contributed by atoms with Crippen molar-refractivity contribution in [1.82, 2.24) is 0 Å². The molecule has 0 unspecified atom stereocenters. The average molecular weight is 378 g/mol. The van der Waals surface area contributed by atoms with Crippen molar-refractivity contribution < 1.29 is 93.9 Å². The molecule has 0 radical (unpaired) electrons. The van der Waals surface area contributed by atoms with Crippen LogP contribution in [0.3, 0.4) is 0 Å². The summed E-state index contributed by atoms with van der Waals surface area (Å²) in [4.78, 5) is 40.2. The molecule has 0 aromatic heterocycles. The van der Waals surface area contributed by atoms with E-state index in [9.17, 15) is 13.7 Å². The van der Waals surface area contributed by atoms with Gasteiger partial charge in [-0.15, -0.1) is 0 Å². The second-order valence-corrected chi connectivity index (χ2v) is 7.10. The largest absolute Gasteiger partial charge is 1.00 e. The van der Waals surface area contributed by atoms with Gasteiger partial charge in [-0.3, -0.25) is 4.55 Å². The van der Waals surface area contributed by atoms with Crippen molar-refractivity contribution in [2.24, 2.45) is 0 Å². The SMILES string of the molecule is O=P(O)(O)OP(=O)(O)OP(=O)(O)O.O=S(=O)([O-])O.[Na+]. The maximum absolute atomic E-state index is 10.4. The first kappa shape index (κ1) is 25.2. The summed E-state index contributed by atoms with van der Waals surface area (Å²) in [6, 6.07) is 0. The molecule has 0 aliphatic rings. The molecule has 19 heteroatoms. The molecule has 0 aromatic carbocycles. The minimum atomic E-state index is -5.46. The van der Waals surface area contributed by atoms with E-state index in [1.807, 2.05) is 0 Å². The van der Waals surface area contributed by atoms with Crippen LogP contribution in [0.25, 0.3) is 0 Å². The molecular formula is H6NaO14P3S. The van der Waals surface area contributed by atoms with E-state index in [-0.39, 0.29) is 29.6 Å². The molecule has 6 N–H and O–H groups in total. The summed E-state index contributed by atoms with van der Waals surface area (Å²) in [5.41, 5.74) is 0. The van der Waals surface area contributed by atoms with Crippen LogP contribution < -0.4 is 29.6 Å². The topological polar surface area (TPSA) is 248 Å². The van der Waals surface area contributed by atoms with E-state index < -0.39 is 33.9 Å². The van der Waals surface area contributed by atoms with Crippen molar-refractivity contribution in [1.29, 1.82) is 0 Å². The van der Waals surface area contributed by atoms with Crippen molar-refractivity contribution in [3.63, 3.8) is 0 Å². The van der Waals surface area contributed by atoms with Crippen LogP contribution in [0.1, 0.15) is 0 Å². The van der Waals surface area contributed by atoms with Crippen LogP contribution in [0.5, 0.6) is 0 Å². The molecule has 0 saturated heterocycles. The quantitative estimate of drug-likeness (QED) is 0.116. The Labute approximate surface area is 127 Å². The molecule has 0 aliphatic heterocycles. The van der Waals surface area contributed by atoms with Gasteiger partial charge in [0.15, 0.2) is 0 Å². The van der Waals surface area contributed by atoms with Gasteiger partial charge < -0.3 is 29.0 Å². The molecule has 0 saturated carbocycles. The van der Waals surface area contributed by atoms with E-state index in [1.165, 1.54) is 0 Å². The predicted octanol–water partition coefficient (Wildman–Crippen LogP) is -4.69. The van der Waals surface area contributed by atoms with Gasteiger partial charge in [-0.1, -0.05) is 0 Å². The van der Waals surface area contributed by atoms with Crippen LogP contribution >= 0.6 is 23.5 Å². The van der Waals surface area contributed by atoms with Crippen molar-refractivity contribution >= 4 is 33.9 Å². The van der Waals surface area contributed by atoms with Gasteiger partial charge in [-0.2, -0.15) is 8.62 Å². The first-order chi connectivity index (χ1) is 7.41. The van der Waals surface area contributed by atoms with Crippen LogP contribution in [0.2, 0.25) is 0 Å². The monoisotopic (exact) mass is 378 g/mol. The first-order valence-corrected chi connectivity index (χ1v) is 8.88. The third kappa shape index (κ3) is 32.6. The Balaban J connectivity index is -0.000000366. The number of rotatable bonds is 4. The van der Waals surface area contributed by atoms with E-state index in [2.05, 4.69) is 8.62 Å². The molecule has 0 amide bonds. The summed E-state index contributed by atoms with van der Waals surface area (Å²) in [6.45, 7) is 0. The average Bonchev–Trinajstić information content (AvgIpc) is 1.64. The molecule has 0 heterocycles. The third-order valence-electron chi connectivity index (χ3n) is 0.419. The summed E-state index contributed by atoms with van der Waals surface area (Å²) < 4.78 is 69.2. The first-order valence-electron chi connectivity index (χ1n) is 2.96. The van der Waals surface area contributed by atoms with E-state index >= 15 is 0 Å². The maximum Gasteiger partial charge on any atom is 1.00 e. The molecule has 0 spiro atoms. The number of phosphoric acid groups is 3. The fraction of sp³-hybridized carbons (Fsp3) is 0. The van der Waals surface area contributed by atoms with Gasteiger partial charge in [0.2, 0.25) is 10.4 Å². The van der Waals surface area contributed by atoms with E-state index in [0.717, 1.165) is 0 Å². The molecule has 0 bridgehead atoms. The Morgan fingerprint density at radius 3 is 1.11 bits per heavy atom. The maximum atomic E-state index is 10.4. The van der Waals surface area contributed by atoms with Gasteiger partial charge >= 0.3 is 53.0 Å². The van der Waals surface area contributed by atoms with E-state index in [0.29, 0.717) is 0 Å². The molecule has 112 valence electrons. The second-order valence-electron chi connectivity index (χ2n) is 2.04. The molecular weight excluding hydrogens is 372 g/mol. The fourth-order valence-corrected chi connectivity index (χ4v) is 2.82. The molecule has 0 rings (SSSR count). The third-order valence-corrected chi connectivity index (χ3v) is 3.77. The van der Waals surface area contributed by atoms with Gasteiger partial charge in [-0.25, -0.2) is 22.1 Å². The van der Waals surface area contributed by atoms with Gasteiger partial charge in [-0.05, 0) is 0 Å². The fourth-order valence-electron chi connectivity index (χ4n) is 0.284. The summed E-state index contributed by atoms with van der Waals surface area (Å²) >= 11 is 0. The van der Waals surface area contributed by atoms with Crippen molar-refractivity contribution in [3.8, 4) is 0 Å². The van der Waals surface area contributed by atoms with Gasteiger partial charge in [0.25, 0.3) is 0 Å². The predicted molar refractivity (Wildman–Crippen MR) is 48.4 cm³/mol. The molecule has 0 atom stereocenters. The Bertz CT molecular complexity index is 453. The zero-order valence-corrected chi connectivity index (χ0v) is 14.2. The summed E-state index contributed by atoms with van der Waals surface area (Å²) in [7, 11) is -21.1. The summed E-state index contributed by atoms with van der Waals surface area (Å²) in [5.74, 6) is 0. The molecule has 0 fully saturated rings. The van der Waals surface area contributed by atoms with Gasteiger partial charge in [0, 0.05) is 0 Å². The standard InChI is InChI=1S/Na.H5O10P3.H2O4S/c;1-11(2,3)9-13(7,8)10-12(4,5)6;1-5(2,3)4/h;(H,7,8)(H2,1,2,3)(H2,4,5,6);(H2,1,2,3,4)/q+1;;/p-1. The number of hydrogen-bond donors (Lipinski definition) is 6. The zero-order valence-electron chi connectivity index (χ0n) is 8.70. The van der Waals surface area contributed by atoms with Crippen LogP contribution in [-0.2, 0) is 32.7 Å². The summed E-state index contributed by atoms with van der Waals surface area (Å²) in [5, 5.41) is 0. The van der Waals surface area contributed by atoms with E-state index in [1.54, 1.807) is 0 Å². The van der Waals surface area contributed by atoms with Crippen molar-refractivity contribution in [2.75, 3.05) is 0 Å². The van der Waals surface area contributed by atoms with Gasteiger partial charge in [0.05, 0.1) is 0 Å². The molecule has 19 heavy (non-hydrogen) atoms. The molecule has 0 aromatic rings. The minimum absolute atomic E-state index is 0. The minimum Gasteiger partial charge on any atom is -0.726 e. The van der Waals surface area contributed by atoms with Crippen LogP contribution in [0.15, 0.2) is 0 Å². The summed E-state index contributed by atoms with van der Waals surface area (Å²) in [6.07, 6.45) is 0.